The molecule has 3 fully saturated rings. The first-order valence-corrected chi connectivity index (χ1v) is 10.9. The van der Waals surface area contributed by atoms with Crippen LogP contribution < -0.4 is 0 Å². The number of aryl methyl sites for hydroxylation is 1. The van der Waals surface area contributed by atoms with E-state index in [4.69, 9.17) is 9.26 Å². The monoisotopic (exact) mass is 405 g/mol. The minimum Gasteiger partial charge on any atom is -0.441 e. The van der Waals surface area contributed by atoms with Crippen LogP contribution in [0.25, 0.3) is 0 Å². The summed E-state index contributed by atoms with van der Waals surface area (Å²) in [5, 5.41) is 3.96. The van der Waals surface area contributed by atoms with E-state index in [2.05, 4.69) is 34.0 Å². The molecule has 1 aromatic rings. The Morgan fingerprint density at radius 2 is 2.00 bits per heavy atom. The quantitative estimate of drug-likeness (QED) is 0.685. The molecule has 0 N–H and O–H groups in total. The number of piperidine rings is 1. The normalized spacial score (nSPS) is 25.4. The van der Waals surface area contributed by atoms with Crippen LogP contribution in [0, 0.1) is 6.92 Å². The van der Waals surface area contributed by atoms with Gasteiger partial charge in [-0.25, -0.2) is 4.79 Å². The molecule has 1 unspecified atom stereocenters. The number of aromatic nitrogens is 1. The SMILES string of the molecule is Cc1cc(CN2CCC3(CC2)CN(CCCN2CCC(N(C)C)C2)C(=O)O3)on1. The van der Waals surface area contributed by atoms with Crippen LogP contribution in [-0.4, -0.2) is 102 Å². The lowest BCUT2D eigenvalue weighted by Gasteiger charge is -2.36. The predicted octanol–water partition coefficient (Wildman–Crippen LogP) is 1.80. The molecule has 4 heterocycles. The number of hydrogen-bond donors (Lipinski definition) is 0. The Morgan fingerprint density at radius 1 is 1.21 bits per heavy atom. The summed E-state index contributed by atoms with van der Waals surface area (Å²) in [7, 11) is 4.32. The maximum absolute atomic E-state index is 12.4. The molecule has 4 rings (SSSR count). The summed E-state index contributed by atoms with van der Waals surface area (Å²) in [5.41, 5.74) is 0.620. The van der Waals surface area contributed by atoms with Gasteiger partial charge in [0.2, 0.25) is 0 Å². The lowest BCUT2D eigenvalue weighted by atomic mass is 9.91. The van der Waals surface area contributed by atoms with Crippen molar-refractivity contribution in [3.05, 3.63) is 17.5 Å². The van der Waals surface area contributed by atoms with Crippen LogP contribution in [0.4, 0.5) is 4.79 Å². The molecular weight excluding hydrogens is 370 g/mol. The van der Waals surface area contributed by atoms with Crippen molar-refractivity contribution in [2.75, 3.05) is 59.9 Å². The lowest BCUT2D eigenvalue weighted by molar-refractivity contribution is -0.00296. The fourth-order valence-electron chi connectivity index (χ4n) is 4.88. The molecule has 0 bridgehead atoms. The summed E-state index contributed by atoms with van der Waals surface area (Å²) in [4.78, 5) is 21.6. The van der Waals surface area contributed by atoms with E-state index in [0.717, 1.165) is 83.1 Å². The van der Waals surface area contributed by atoms with Gasteiger partial charge >= 0.3 is 6.09 Å². The Balaban J connectivity index is 1.19. The van der Waals surface area contributed by atoms with Crippen molar-refractivity contribution in [1.82, 2.24) is 24.8 Å². The van der Waals surface area contributed by atoms with Crippen LogP contribution >= 0.6 is 0 Å². The van der Waals surface area contributed by atoms with Gasteiger partial charge in [0.15, 0.2) is 5.76 Å². The summed E-state index contributed by atoms with van der Waals surface area (Å²) in [6.07, 6.45) is 3.91. The number of carbonyl (C=O) groups excluding carboxylic acids is 1. The van der Waals surface area contributed by atoms with Crippen molar-refractivity contribution in [3.8, 4) is 0 Å². The molecule has 162 valence electrons. The Bertz CT molecular complexity index is 698. The zero-order chi connectivity index (χ0) is 20.4. The van der Waals surface area contributed by atoms with Gasteiger partial charge in [0.1, 0.15) is 5.60 Å². The van der Waals surface area contributed by atoms with Gasteiger partial charge in [-0.2, -0.15) is 0 Å². The molecule has 29 heavy (non-hydrogen) atoms. The second-order valence-electron chi connectivity index (χ2n) is 9.24. The van der Waals surface area contributed by atoms with E-state index in [1.807, 2.05) is 17.9 Å². The summed E-state index contributed by atoms with van der Waals surface area (Å²) in [5.74, 6) is 0.905. The Hall–Kier alpha value is -1.64. The van der Waals surface area contributed by atoms with Crippen LogP contribution in [0.2, 0.25) is 0 Å². The highest BCUT2D eigenvalue weighted by Crippen LogP contribution is 2.33. The van der Waals surface area contributed by atoms with E-state index in [0.29, 0.717) is 6.04 Å². The number of likely N-dealkylation sites (tertiary alicyclic amines) is 2. The standard InChI is InChI=1S/C21H35N5O3/c1-17-13-19(29-22-17)15-25-11-6-21(7-12-25)16-26(20(27)28-21)9-4-8-24-10-5-18(14-24)23(2)3/h13,18H,4-12,14-16H2,1-3H3. The zero-order valence-electron chi connectivity index (χ0n) is 18.1. The first-order valence-electron chi connectivity index (χ1n) is 10.9. The summed E-state index contributed by atoms with van der Waals surface area (Å²) >= 11 is 0. The first kappa shape index (κ1) is 20.6. The van der Waals surface area contributed by atoms with Gasteiger partial charge < -0.3 is 24.0 Å². The molecule has 8 nitrogen and oxygen atoms in total. The number of likely N-dealkylation sites (N-methyl/N-ethyl adjacent to an activating group) is 1. The predicted molar refractivity (Wildman–Crippen MR) is 110 cm³/mol. The number of rotatable bonds is 7. The molecule has 3 aliphatic rings. The molecule has 0 saturated carbocycles. The molecule has 1 atom stereocenters. The van der Waals surface area contributed by atoms with E-state index in [1.54, 1.807) is 0 Å². The molecule has 1 amide bonds. The average Bonchev–Trinajstić information content (AvgIpc) is 3.38. The summed E-state index contributed by atoms with van der Waals surface area (Å²) in [6.45, 7) is 9.45. The number of carbonyl (C=O) groups is 1. The highest BCUT2D eigenvalue weighted by molar-refractivity contribution is 5.70. The van der Waals surface area contributed by atoms with Gasteiger partial charge in [-0.1, -0.05) is 5.16 Å². The maximum Gasteiger partial charge on any atom is 0.410 e. The molecule has 0 radical (unpaired) electrons. The fraction of sp³-hybridized carbons (Fsp3) is 0.810. The van der Waals surface area contributed by atoms with E-state index in [-0.39, 0.29) is 11.7 Å². The van der Waals surface area contributed by atoms with Crippen molar-refractivity contribution >= 4 is 6.09 Å². The highest BCUT2D eigenvalue weighted by Gasteiger charge is 2.46. The number of amides is 1. The number of hydrogen-bond acceptors (Lipinski definition) is 7. The molecule has 8 heteroatoms. The van der Waals surface area contributed by atoms with E-state index in [1.165, 1.54) is 6.42 Å². The largest absolute Gasteiger partial charge is 0.441 e. The third kappa shape index (κ3) is 4.92. The Morgan fingerprint density at radius 3 is 2.66 bits per heavy atom. The molecule has 1 spiro atoms. The second kappa shape index (κ2) is 8.62. The van der Waals surface area contributed by atoms with Gasteiger partial charge in [-0.05, 0) is 47.0 Å². The third-order valence-electron chi connectivity index (χ3n) is 6.74. The van der Waals surface area contributed by atoms with Gasteiger partial charge in [-0.3, -0.25) is 4.90 Å². The van der Waals surface area contributed by atoms with E-state index >= 15 is 0 Å². The lowest BCUT2D eigenvalue weighted by Crippen LogP contribution is -2.46. The first-order chi connectivity index (χ1) is 13.9. The topological polar surface area (TPSA) is 65.3 Å². The van der Waals surface area contributed by atoms with Crippen molar-refractivity contribution < 1.29 is 14.1 Å². The van der Waals surface area contributed by atoms with Gasteiger partial charge in [0, 0.05) is 51.1 Å². The summed E-state index contributed by atoms with van der Waals surface area (Å²) in [6, 6.07) is 2.66. The zero-order valence-corrected chi connectivity index (χ0v) is 18.1. The van der Waals surface area contributed by atoms with Crippen LogP contribution in [-0.2, 0) is 11.3 Å². The molecule has 0 aromatic carbocycles. The molecular formula is C21H35N5O3. The van der Waals surface area contributed by atoms with Crippen molar-refractivity contribution in [1.29, 1.82) is 0 Å². The Labute approximate surface area is 173 Å². The van der Waals surface area contributed by atoms with Gasteiger partial charge in [0.05, 0.1) is 18.8 Å². The summed E-state index contributed by atoms with van der Waals surface area (Å²) < 4.78 is 11.2. The van der Waals surface area contributed by atoms with Crippen LogP contribution in [0.1, 0.15) is 37.1 Å². The van der Waals surface area contributed by atoms with Crippen molar-refractivity contribution in [2.45, 2.75) is 50.8 Å². The number of nitrogens with zero attached hydrogens (tertiary/aromatic N) is 5. The molecule has 3 aliphatic heterocycles. The van der Waals surface area contributed by atoms with Crippen LogP contribution in [0.3, 0.4) is 0 Å². The van der Waals surface area contributed by atoms with Gasteiger partial charge in [0.25, 0.3) is 0 Å². The van der Waals surface area contributed by atoms with Crippen molar-refractivity contribution in [2.24, 2.45) is 0 Å². The van der Waals surface area contributed by atoms with Crippen molar-refractivity contribution in [3.63, 3.8) is 0 Å². The van der Waals surface area contributed by atoms with Gasteiger partial charge in [-0.15, -0.1) is 0 Å². The Kier molecular flexibility index (Phi) is 6.13. The fourth-order valence-corrected chi connectivity index (χ4v) is 4.88. The van der Waals surface area contributed by atoms with Crippen LogP contribution in [0.5, 0.6) is 0 Å². The minimum atomic E-state index is -0.297. The highest BCUT2D eigenvalue weighted by atomic mass is 16.6. The molecule has 1 aromatic heterocycles. The molecule has 3 saturated heterocycles. The average molecular weight is 406 g/mol. The van der Waals surface area contributed by atoms with E-state index in [9.17, 15) is 4.79 Å². The maximum atomic E-state index is 12.4. The third-order valence-corrected chi connectivity index (χ3v) is 6.74. The van der Waals surface area contributed by atoms with E-state index < -0.39 is 0 Å². The second-order valence-corrected chi connectivity index (χ2v) is 9.24. The van der Waals surface area contributed by atoms with Crippen LogP contribution in [0.15, 0.2) is 10.6 Å². The molecule has 0 aliphatic carbocycles. The minimum absolute atomic E-state index is 0.128. The smallest absolute Gasteiger partial charge is 0.410 e. The number of ether oxygens (including phenoxy) is 1.